The van der Waals surface area contributed by atoms with Crippen LogP contribution >= 0.6 is 0 Å². The molecule has 186 valence electrons. The Bertz CT molecular complexity index is 2190. The zero-order valence-electron chi connectivity index (χ0n) is 21.5. The molecule has 4 heteroatoms. The van der Waals surface area contributed by atoms with Gasteiger partial charge >= 0.3 is 0 Å². The zero-order chi connectivity index (χ0) is 26.6. The van der Waals surface area contributed by atoms with Crippen molar-refractivity contribution in [2.24, 2.45) is 0 Å². The molecule has 0 saturated carbocycles. The number of hydrogen-bond acceptors (Lipinski definition) is 2. The predicted molar refractivity (Wildman–Crippen MR) is 163 cm³/mol. The summed E-state index contributed by atoms with van der Waals surface area (Å²) in [5, 5.41) is 14.9. The molecule has 0 aliphatic rings. The van der Waals surface area contributed by atoms with Crippen LogP contribution in [0.5, 0.6) is 0 Å². The highest BCUT2D eigenvalue weighted by Crippen LogP contribution is 2.38. The monoisotopic (exact) mass is 510 g/mol. The van der Waals surface area contributed by atoms with Crippen LogP contribution in [0.1, 0.15) is 5.56 Å². The molecule has 0 unspecified atom stereocenters. The van der Waals surface area contributed by atoms with E-state index in [-0.39, 0.29) is 0 Å². The standard InChI is InChI=1S/C36H22N4/c37-23-24-19-20-25(39-32-15-5-3-12-28(32)30-14-9-21-38-36(30)39)22-31(24)29-13-4-8-18-35(29)40-33-16-6-1-10-26(33)27-11-2-7-17-34(27)40/h1-22H. The lowest BCUT2D eigenvalue weighted by Gasteiger charge is -2.16. The van der Waals surface area contributed by atoms with E-state index in [9.17, 15) is 5.26 Å². The molecule has 0 aliphatic carbocycles. The van der Waals surface area contributed by atoms with Crippen molar-refractivity contribution in [2.45, 2.75) is 0 Å². The minimum atomic E-state index is 0.630. The Morgan fingerprint density at radius 1 is 0.525 bits per heavy atom. The van der Waals surface area contributed by atoms with Crippen molar-refractivity contribution in [3.63, 3.8) is 0 Å². The van der Waals surface area contributed by atoms with E-state index >= 15 is 0 Å². The second-order valence-electron chi connectivity index (χ2n) is 9.96. The minimum Gasteiger partial charge on any atom is -0.309 e. The van der Waals surface area contributed by atoms with Crippen LogP contribution in [0, 0.1) is 11.3 Å². The van der Waals surface area contributed by atoms with Crippen LogP contribution < -0.4 is 0 Å². The number of hydrogen-bond donors (Lipinski definition) is 0. The smallest absolute Gasteiger partial charge is 0.145 e. The number of para-hydroxylation sites is 4. The summed E-state index contributed by atoms with van der Waals surface area (Å²) in [7, 11) is 0. The summed E-state index contributed by atoms with van der Waals surface area (Å²) in [4.78, 5) is 4.76. The van der Waals surface area contributed by atoms with Gasteiger partial charge in [-0.3, -0.25) is 4.57 Å². The van der Waals surface area contributed by atoms with Gasteiger partial charge in [-0.15, -0.1) is 0 Å². The lowest BCUT2D eigenvalue weighted by molar-refractivity contribution is 1.13. The molecule has 8 rings (SSSR count). The number of nitrogens with zero attached hydrogens (tertiary/aromatic N) is 4. The molecule has 0 fully saturated rings. The van der Waals surface area contributed by atoms with E-state index in [2.05, 4.69) is 118 Å². The SMILES string of the molecule is N#Cc1ccc(-n2c3ccccc3c3cccnc32)cc1-c1ccccc1-n1c2ccccc2c2ccccc21. The molecule has 0 atom stereocenters. The molecule has 0 spiro atoms. The van der Waals surface area contributed by atoms with E-state index in [1.807, 2.05) is 30.5 Å². The molecule has 4 nitrogen and oxygen atoms in total. The van der Waals surface area contributed by atoms with Crippen LogP contribution in [0.4, 0.5) is 0 Å². The third kappa shape index (κ3) is 3.15. The maximum Gasteiger partial charge on any atom is 0.145 e. The number of rotatable bonds is 3. The highest BCUT2D eigenvalue weighted by molar-refractivity contribution is 6.10. The molecule has 0 bridgehead atoms. The first-order chi connectivity index (χ1) is 19.8. The average molecular weight is 511 g/mol. The van der Waals surface area contributed by atoms with Gasteiger partial charge in [-0.1, -0.05) is 72.8 Å². The van der Waals surface area contributed by atoms with E-state index in [1.165, 1.54) is 10.8 Å². The lowest BCUT2D eigenvalue weighted by Crippen LogP contribution is -2.00. The Morgan fingerprint density at radius 2 is 1.10 bits per heavy atom. The molecule has 40 heavy (non-hydrogen) atoms. The summed E-state index contributed by atoms with van der Waals surface area (Å²) >= 11 is 0. The van der Waals surface area contributed by atoms with Crippen LogP contribution in [0.2, 0.25) is 0 Å². The largest absolute Gasteiger partial charge is 0.309 e. The Labute approximate surface area is 230 Å². The second-order valence-corrected chi connectivity index (χ2v) is 9.96. The predicted octanol–water partition coefficient (Wildman–Crippen LogP) is 8.81. The third-order valence-electron chi connectivity index (χ3n) is 7.83. The van der Waals surface area contributed by atoms with Gasteiger partial charge < -0.3 is 4.57 Å². The highest BCUT2D eigenvalue weighted by atomic mass is 15.0. The van der Waals surface area contributed by atoms with Gasteiger partial charge in [-0.2, -0.15) is 5.26 Å². The quantitative estimate of drug-likeness (QED) is 0.238. The maximum atomic E-state index is 10.2. The second kappa shape index (κ2) is 8.69. The first-order valence-corrected chi connectivity index (χ1v) is 13.3. The molecule has 0 saturated heterocycles. The topological polar surface area (TPSA) is 46.5 Å². The molecule has 3 aromatic heterocycles. The van der Waals surface area contributed by atoms with Crippen LogP contribution in [0.15, 0.2) is 134 Å². The van der Waals surface area contributed by atoms with Gasteiger partial charge in [0.05, 0.1) is 33.9 Å². The summed E-state index contributed by atoms with van der Waals surface area (Å²) in [6.07, 6.45) is 1.83. The normalized spacial score (nSPS) is 11.5. The molecule has 5 aromatic carbocycles. The fourth-order valence-electron chi connectivity index (χ4n) is 6.13. The van der Waals surface area contributed by atoms with Crippen LogP contribution in [0.3, 0.4) is 0 Å². The summed E-state index contributed by atoms with van der Waals surface area (Å²) in [5.74, 6) is 0. The van der Waals surface area contributed by atoms with E-state index in [1.54, 1.807) is 0 Å². The first kappa shape index (κ1) is 22.3. The Morgan fingerprint density at radius 3 is 1.80 bits per heavy atom. The Balaban J connectivity index is 1.43. The Hall–Kier alpha value is -5.66. The summed E-state index contributed by atoms with van der Waals surface area (Å²) < 4.78 is 4.51. The Kier molecular flexibility index (Phi) is 4.85. The van der Waals surface area contributed by atoms with Gasteiger partial charge in [0.2, 0.25) is 0 Å². The van der Waals surface area contributed by atoms with Crippen LogP contribution in [-0.4, -0.2) is 14.1 Å². The highest BCUT2D eigenvalue weighted by Gasteiger charge is 2.19. The zero-order valence-corrected chi connectivity index (χ0v) is 21.5. The number of nitriles is 1. The van der Waals surface area contributed by atoms with Crippen molar-refractivity contribution in [3.05, 3.63) is 139 Å². The first-order valence-electron chi connectivity index (χ1n) is 13.3. The molecule has 0 N–H and O–H groups in total. The van der Waals surface area contributed by atoms with Gasteiger partial charge in [-0.25, -0.2) is 4.98 Å². The van der Waals surface area contributed by atoms with Gasteiger partial charge in [0.15, 0.2) is 0 Å². The van der Waals surface area contributed by atoms with Crippen LogP contribution in [0.25, 0.3) is 66.2 Å². The van der Waals surface area contributed by atoms with Gasteiger partial charge in [-0.05, 0) is 54.6 Å². The van der Waals surface area contributed by atoms with E-state index in [4.69, 9.17) is 4.98 Å². The molecular weight excluding hydrogens is 488 g/mol. The molecule has 0 radical (unpaired) electrons. The number of fused-ring (bicyclic) bond motifs is 6. The summed E-state index contributed by atoms with van der Waals surface area (Å²) in [5.41, 5.74) is 8.78. The lowest BCUT2D eigenvalue weighted by atomic mass is 9.97. The van der Waals surface area contributed by atoms with Crippen molar-refractivity contribution >= 4 is 43.7 Å². The van der Waals surface area contributed by atoms with Gasteiger partial charge in [0.25, 0.3) is 0 Å². The number of pyridine rings is 1. The minimum absolute atomic E-state index is 0.630. The van der Waals surface area contributed by atoms with E-state index in [0.29, 0.717) is 5.56 Å². The van der Waals surface area contributed by atoms with Crippen molar-refractivity contribution in [1.82, 2.24) is 14.1 Å². The maximum absolute atomic E-state index is 10.2. The van der Waals surface area contributed by atoms with Crippen molar-refractivity contribution in [1.29, 1.82) is 5.26 Å². The molecule has 0 aliphatic heterocycles. The third-order valence-corrected chi connectivity index (χ3v) is 7.83. The van der Waals surface area contributed by atoms with Crippen molar-refractivity contribution in [3.8, 4) is 28.6 Å². The summed E-state index contributed by atoms with van der Waals surface area (Å²) in [6, 6.07) is 46.4. The molecular formula is C36H22N4. The van der Waals surface area contributed by atoms with Gasteiger partial charge in [0, 0.05) is 44.6 Å². The van der Waals surface area contributed by atoms with E-state index in [0.717, 1.165) is 55.5 Å². The van der Waals surface area contributed by atoms with Crippen molar-refractivity contribution in [2.75, 3.05) is 0 Å². The fourth-order valence-corrected chi connectivity index (χ4v) is 6.13. The molecule has 3 heterocycles. The molecule has 8 aromatic rings. The van der Waals surface area contributed by atoms with Crippen LogP contribution in [-0.2, 0) is 0 Å². The van der Waals surface area contributed by atoms with Gasteiger partial charge in [0.1, 0.15) is 5.65 Å². The molecule has 0 amide bonds. The van der Waals surface area contributed by atoms with Crippen molar-refractivity contribution < 1.29 is 0 Å². The summed E-state index contributed by atoms with van der Waals surface area (Å²) in [6.45, 7) is 0. The number of benzene rings is 5. The van der Waals surface area contributed by atoms with E-state index < -0.39 is 0 Å². The fraction of sp³-hybridized carbons (Fsp3) is 0. The number of aromatic nitrogens is 3. The average Bonchev–Trinajstić information content (AvgIpc) is 3.54.